The lowest BCUT2D eigenvalue weighted by Crippen LogP contribution is -2.27. The summed E-state index contributed by atoms with van der Waals surface area (Å²) in [5.41, 5.74) is 7.74. The standard InChI is InChI=1S/C13H18N2O/c1-2-13(16)15-8-7-11(9-15)10-3-5-12(14)6-4-10/h3-6,11H,2,7-9,14H2,1H3. The van der Waals surface area contributed by atoms with Crippen molar-refractivity contribution in [1.82, 2.24) is 4.90 Å². The van der Waals surface area contributed by atoms with Crippen LogP contribution in [0.1, 0.15) is 31.2 Å². The number of carbonyl (C=O) groups is 1. The summed E-state index contributed by atoms with van der Waals surface area (Å²) in [6.45, 7) is 3.66. The molecule has 3 heteroatoms. The minimum atomic E-state index is 0.262. The van der Waals surface area contributed by atoms with Crippen molar-refractivity contribution in [3.05, 3.63) is 29.8 Å². The minimum absolute atomic E-state index is 0.262. The second-order valence-corrected chi connectivity index (χ2v) is 4.35. The number of hydrogen-bond acceptors (Lipinski definition) is 2. The summed E-state index contributed by atoms with van der Waals surface area (Å²) < 4.78 is 0. The lowest BCUT2D eigenvalue weighted by molar-refractivity contribution is -0.129. The Morgan fingerprint density at radius 1 is 1.44 bits per heavy atom. The number of nitrogens with two attached hydrogens (primary N) is 1. The molecule has 0 spiro atoms. The molecule has 16 heavy (non-hydrogen) atoms. The van der Waals surface area contributed by atoms with Crippen LogP contribution < -0.4 is 5.73 Å². The molecule has 2 rings (SSSR count). The Hall–Kier alpha value is -1.51. The number of likely N-dealkylation sites (tertiary alicyclic amines) is 1. The van der Waals surface area contributed by atoms with Gasteiger partial charge in [-0.1, -0.05) is 19.1 Å². The van der Waals surface area contributed by atoms with Gasteiger partial charge in [0.1, 0.15) is 0 Å². The van der Waals surface area contributed by atoms with Crippen molar-refractivity contribution in [3.63, 3.8) is 0 Å². The van der Waals surface area contributed by atoms with Crippen LogP contribution in [0.5, 0.6) is 0 Å². The SMILES string of the molecule is CCC(=O)N1CCC(c2ccc(N)cc2)C1. The maximum absolute atomic E-state index is 11.6. The van der Waals surface area contributed by atoms with E-state index in [2.05, 4.69) is 12.1 Å². The molecule has 1 saturated heterocycles. The first-order valence-corrected chi connectivity index (χ1v) is 5.84. The molecule has 1 fully saturated rings. The zero-order chi connectivity index (χ0) is 11.5. The second-order valence-electron chi connectivity index (χ2n) is 4.35. The first-order valence-electron chi connectivity index (χ1n) is 5.84. The van der Waals surface area contributed by atoms with Gasteiger partial charge in [0.25, 0.3) is 0 Å². The highest BCUT2D eigenvalue weighted by Crippen LogP contribution is 2.27. The Morgan fingerprint density at radius 2 is 2.12 bits per heavy atom. The predicted octanol–water partition coefficient (Wildman–Crippen LogP) is 1.99. The van der Waals surface area contributed by atoms with Gasteiger partial charge in [0.2, 0.25) is 5.91 Å². The van der Waals surface area contributed by atoms with Gasteiger partial charge in [-0.05, 0) is 24.1 Å². The molecule has 0 saturated carbocycles. The summed E-state index contributed by atoms with van der Waals surface area (Å²) >= 11 is 0. The van der Waals surface area contributed by atoms with E-state index in [4.69, 9.17) is 5.73 Å². The molecule has 0 radical (unpaired) electrons. The van der Waals surface area contributed by atoms with Crippen molar-refractivity contribution >= 4 is 11.6 Å². The molecular formula is C13H18N2O. The second kappa shape index (κ2) is 4.56. The molecule has 0 aliphatic carbocycles. The fourth-order valence-corrected chi connectivity index (χ4v) is 2.25. The Labute approximate surface area is 96.2 Å². The van der Waals surface area contributed by atoms with Crippen LogP contribution in [0.2, 0.25) is 0 Å². The fraction of sp³-hybridized carbons (Fsp3) is 0.462. The van der Waals surface area contributed by atoms with Gasteiger partial charge in [-0.15, -0.1) is 0 Å². The number of hydrogen-bond donors (Lipinski definition) is 1. The van der Waals surface area contributed by atoms with E-state index in [1.807, 2.05) is 24.0 Å². The van der Waals surface area contributed by atoms with E-state index in [1.165, 1.54) is 5.56 Å². The van der Waals surface area contributed by atoms with Crippen LogP contribution in [0.25, 0.3) is 0 Å². The molecule has 86 valence electrons. The molecule has 1 amide bonds. The molecule has 1 heterocycles. The first-order chi connectivity index (χ1) is 7.70. The number of benzene rings is 1. The Kier molecular flexibility index (Phi) is 3.13. The number of nitrogen functional groups attached to an aromatic ring is 1. The van der Waals surface area contributed by atoms with Crippen molar-refractivity contribution in [2.45, 2.75) is 25.7 Å². The molecule has 1 aliphatic heterocycles. The number of carbonyl (C=O) groups excluding carboxylic acids is 1. The average molecular weight is 218 g/mol. The summed E-state index contributed by atoms with van der Waals surface area (Å²) in [6, 6.07) is 8.00. The van der Waals surface area contributed by atoms with Crippen LogP contribution in [0.15, 0.2) is 24.3 Å². The van der Waals surface area contributed by atoms with E-state index in [0.717, 1.165) is 25.2 Å². The number of nitrogens with zero attached hydrogens (tertiary/aromatic N) is 1. The summed E-state index contributed by atoms with van der Waals surface area (Å²) in [5.74, 6) is 0.744. The van der Waals surface area contributed by atoms with Crippen LogP contribution in [-0.4, -0.2) is 23.9 Å². The van der Waals surface area contributed by atoms with Crippen LogP contribution in [0.3, 0.4) is 0 Å². The third kappa shape index (κ3) is 2.18. The molecule has 0 bridgehead atoms. The lowest BCUT2D eigenvalue weighted by Gasteiger charge is -2.15. The zero-order valence-electron chi connectivity index (χ0n) is 9.65. The van der Waals surface area contributed by atoms with Crippen molar-refractivity contribution in [3.8, 4) is 0 Å². The van der Waals surface area contributed by atoms with E-state index in [-0.39, 0.29) is 5.91 Å². The van der Waals surface area contributed by atoms with E-state index in [0.29, 0.717) is 12.3 Å². The minimum Gasteiger partial charge on any atom is -0.399 e. The normalized spacial score (nSPS) is 20.1. The molecule has 1 aliphatic rings. The predicted molar refractivity (Wildman–Crippen MR) is 65.1 cm³/mol. The van der Waals surface area contributed by atoms with Crippen LogP contribution in [-0.2, 0) is 4.79 Å². The molecule has 0 aromatic heterocycles. The third-order valence-electron chi connectivity index (χ3n) is 3.25. The Bertz CT molecular complexity index is 372. The summed E-state index contributed by atoms with van der Waals surface area (Å²) in [4.78, 5) is 13.5. The van der Waals surface area contributed by atoms with Crippen LogP contribution >= 0.6 is 0 Å². The molecule has 1 unspecified atom stereocenters. The van der Waals surface area contributed by atoms with Gasteiger partial charge in [-0.2, -0.15) is 0 Å². The van der Waals surface area contributed by atoms with Crippen molar-refractivity contribution < 1.29 is 4.79 Å². The molecular weight excluding hydrogens is 200 g/mol. The van der Waals surface area contributed by atoms with E-state index >= 15 is 0 Å². The summed E-state index contributed by atoms with van der Waals surface area (Å²) in [6.07, 6.45) is 1.67. The largest absolute Gasteiger partial charge is 0.399 e. The highest BCUT2D eigenvalue weighted by Gasteiger charge is 2.26. The fourth-order valence-electron chi connectivity index (χ4n) is 2.25. The average Bonchev–Trinajstić information content (AvgIpc) is 2.78. The maximum atomic E-state index is 11.6. The molecule has 1 aromatic carbocycles. The molecule has 1 atom stereocenters. The quantitative estimate of drug-likeness (QED) is 0.772. The molecule has 3 nitrogen and oxygen atoms in total. The Morgan fingerprint density at radius 3 is 2.75 bits per heavy atom. The van der Waals surface area contributed by atoms with Gasteiger partial charge in [0, 0.05) is 31.1 Å². The van der Waals surface area contributed by atoms with Gasteiger partial charge in [0.15, 0.2) is 0 Å². The zero-order valence-corrected chi connectivity index (χ0v) is 9.65. The molecule has 1 aromatic rings. The van der Waals surface area contributed by atoms with E-state index < -0.39 is 0 Å². The van der Waals surface area contributed by atoms with Gasteiger partial charge in [-0.3, -0.25) is 4.79 Å². The summed E-state index contributed by atoms with van der Waals surface area (Å²) in [7, 11) is 0. The topological polar surface area (TPSA) is 46.3 Å². The lowest BCUT2D eigenvalue weighted by atomic mass is 9.98. The van der Waals surface area contributed by atoms with Gasteiger partial charge < -0.3 is 10.6 Å². The molecule has 2 N–H and O–H groups in total. The Balaban J connectivity index is 2.03. The van der Waals surface area contributed by atoms with Gasteiger partial charge in [-0.25, -0.2) is 0 Å². The van der Waals surface area contributed by atoms with Crippen molar-refractivity contribution in [2.75, 3.05) is 18.8 Å². The first kappa shape index (κ1) is 11.0. The highest BCUT2D eigenvalue weighted by molar-refractivity contribution is 5.76. The summed E-state index contributed by atoms with van der Waals surface area (Å²) in [5, 5.41) is 0. The van der Waals surface area contributed by atoms with Crippen LogP contribution in [0, 0.1) is 0 Å². The number of amides is 1. The van der Waals surface area contributed by atoms with Crippen molar-refractivity contribution in [1.29, 1.82) is 0 Å². The maximum Gasteiger partial charge on any atom is 0.222 e. The highest BCUT2D eigenvalue weighted by atomic mass is 16.2. The van der Waals surface area contributed by atoms with Crippen molar-refractivity contribution in [2.24, 2.45) is 0 Å². The van der Waals surface area contributed by atoms with E-state index in [1.54, 1.807) is 0 Å². The number of anilines is 1. The van der Waals surface area contributed by atoms with Gasteiger partial charge in [0.05, 0.1) is 0 Å². The third-order valence-corrected chi connectivity index (χ3v) is 3.25. The smallest absolute Gasteiger partial charge is 0.222 e. The van der Waals surface area contributed by atoms with E-state index in [9.17, 15) is 4.79 Å². The number of rotatable bonds is 2. The van der Waals surface area contributed by atoms with Crippen LogP contribution in [0.4, 0.5) is 5.69 Å². The van der Waals surface area contributed by atoms with Gasteiger partial charge >= 0.3 is 0 Å². The monoisotopic (exact) mass is 218 g/mol.